The molecular formula is C21H25ClFN5O3. The number of amides is 1. The molecule has 166 valence electrons. The molecule has 2 aliphatic rings. The highest BCUT2D eigenvalue weighted by molar-refractivity contribution is 6.31. The summed E-state index contributed by atoms with van der Waals surface area (Å²) in [5, 5.41) is 3.04. The summed E-state index contributed by atoms with van der Waals surface area (Å²) in [4.78, 5) is 23.0. The number of anilines is 3. The molecule has 0 radical (unpaired) electrons. The highest BCUT2D eigenvalue weighted by Gasteiger charge is 2.42. The van der Waals surface area contributed by atoms with Gasteiger partial charge in [0.25, 0.3) is 5.91 Å². The number of rotatable bonds is 4. The average Bonchev–Trinajstić information content (AvgIpc) is 3.02. The van der Waals surface area contributed by atoms with Gasteiger partial charge in [-0.1, -0.05) is 17.7 Å². The van der Waals surface area contributed by atoms with Crippen molar-refractivity contribution < 1.29 is 18.7 Å². The summed E-state index contributed by atoms with van der Waals surface area (Å²) in [6.07, 6.45) is 0.867. The summed E-state index contributed by atoms with van der Waals surface area (Å²) < 4.78 is 25.4. The topological polar surface area (TPSA) is 103 Å². The van der Waals surface area contributed by atoms with Crippen molar-refractivity contribution in [3.63, 3.8) is 0 Å². The van der Waals surface area contributed by atoms with E-state index in [1.807, 2.05) is 19.1 Å². The molecule has 2 aromatic rings. The SMILES string of the molecule is Cc1cc(N2CCCOCC2c2ccc(NC(=O)C3(F)CCOC3)cc2Cl)nc(N)n1. The Hall–Kier alpha value is -2.49. The van der Waals surface area contributed by atoms with Crippen molar-refractivity contribution in [2.75, 3.05) is 48.9 Å². The summed E-state index contributed by atoms with van der Waals surface area (Å²) in [6.45, 7) is 3.61. The highest BCUT2D eigenvalue weighted by Crippen LogP contribution is 2.35. The van der Waals surface area contributed by atoms with Crippen molar-refractivity contribution in [3.8, 4) is 0 Å². The maximum absolute atomic E-state index is 14.6. The van der Waals surface area contributed by atoms with Crippen LogP contribution in [0, 0.1) is 6.92 Å². The van der Waals surface area contributed by atoms with Crippen LogP contribution in [0.3, 0.4) is 0 Å². The third-order valence-electron chi connectivity index (χ3n) is 5.49. The van der Waals surface area contributed by atoms with Gasteiger partial charge in [-0.05, 0) is 31.0 Å². The second kappa shape index (κ2) is 8.94. The zero-order valence-corrected chi connectivity index (χ0v) is 18.0. The molecule has 4 rings (SSSR count). The highest BCUT2D eigenvalue weighted by atomic mass is 35.5. The van der Waals surface area contributed by atoms with Gasteiger partial charge >= 0.3 is 0 Å². The number of nitrogens with one attached hydrogen (secondary N) is 1. The standard InChI is InChI=1S/C21H25ClFN5O3/c1-13-9-18(27-20(24)25-13)28-6-2-7-30-11-17(28)15-4-3-14(10-16(15)22)26-19(29)21(23)5-8-31-12-21/h3-4,9-10,17H,2,5-8,11-12H2,1H3,(H,26,29)(H2,24,25,27). The van der Waals surface area contributed by atoms with E-state index in [1.54, 1.807) is 12.1 Å². The lowest BCUT2D eigenvalue weighted by Crippen LogP contribution is -2.39. The first-order valence-corrected chi connectivity index (χ1v) is 10.6. The number of carbonyl (C=O) groups excluding carboxylic acids is 1. The molecule has 3 N–H and O–H groups in total. The molecule has 0 bridgehead atoms. The first kappa shape index (κ1) is 21.7. The van der Waals surface area contributed by atoms with Crippen LogP contribution in [0.5, 0.6) is 0 Å². The van der Waals surface area contributed by atoms with Gasteiger partial charge in [-0.2, -0.15) is 4.98 Å². The van der Waals surface area contributed by atoms with Gasteiger partial charge in [0.15, 0.2) is 0 Å². The number of aromatic nitrogens is 2. The van der Waals surface area contributed by atoms with Crippen LogP contribution >= 0.6 is 11.6 Å². The van der Waals surface area contributed by atoms with Gasteiger partial charge in [0.05, 0.1) is 25.9 Å². The molecule has 31 heavy (non-hydrogen) atoms. The van der Waals surface area contributed by atoms with Crippen LogP contribution in [0.25, 0.3) is 0 Å². The van der Waals surface area contributed by atoms with Crippen molar-refractivity contribution in [2.45, 2.75) is 31.5 Å². The first-order chi connectivity index (χ1) is 14.9. The number of ether oxygens (including phenoxy) is 2. The Morgan fingerprint density at radius 3 is 2.87 bits per heavy atom. The lowest BCUT2D eigenvalue weighted by molar-refractivity contribution is -0.127. The lowest BCUT2D eigenvalue weighted by atomic mass is 10.0. The van der Waals surface area contributed by atoms with Crippen molar-refractivity contribution in [2.24, 2.45) is 0 Å². The monoisotopic (exact) mass is 449 g/mol. The molecule has 2 atom stereocenters. The Morgan fingerprint density at radius 1 is 1.32 bits per heavy atom. The van der Waals surface area contributed by atoms with Crippen LogP contribution in [0.1, 0.15) is 30.1 Å². The number of alkyl halides is 1. The minimum Gasteiger partial charge on any atom is -0.379 e. The third-order valence-corrected chi connectivity index (χ3v) is 5.82. The Kier molecular flexibility index (Phi) is 6.27. The second-order valence-electron chi connectivity index (χ2n) is 7.82. The molecule has 10 heteroatoms. The van der Waals surface area contributed by atoms with E-state index in [2.05, 4.69) is 20.2 Å². The predicted octanol–water partition coefficient (Wildman–Crippen LogP) is 3.06. The van der Waals surface area contributed by atoms with Crippen LogP contribution in [-0.4, -0.2) is 54.5 Å². The lowest BCUT2D eigenvalue weighted by Gasteiger charge is -2.31. The van der Waals surface area contributed by atoms with Gasteiger partial charge in [0.1, 0.15) is 5.82 Å². The van der Waals surface area contributed by atoms with E-state index in [4.69, 9.17) is 26.8 Å². The van der Waals surface area contributed by atoms with Gasteiger partial charge in [-0.25, -0.2) is 9.37 Å². The molecular weight excluding hydrogens is 425 g/mol. The Labute approximate surface area is 184 Å². The normalized spacial score (nSPS) is 24.1. The van der Waals surface area contributed by atoms with E-state index in [-0.39, 0.29) is 31.6 Å². The average molecular weight is 450 g/mol. The smallest absolute Gasteiger partial charge is 0.264 e. The molecule has 1 aromatic heterocycles. The first-order valence-electron chi connectivity index (χ1n) is 10.2. The summed E-state index contributed by atoms with van der Waals surface area (Å²) in [5.74, 6) is 0.189. The number of nitrogens with zero attached hydrogens (tertiary/aromatic N) is 3. The maximum Gasteiger partial charge on any atom is 0.264 e. The summed E-state index contributed by atoms with van der Waals surface area (Å²) in [5.41, 5.74) is 5.86. The van der Waals surface area contributed by atoms with E-state index >= 15 is 0 Å². The van der Waals surface area contributed by atoms with E-state index in [0.29, 0.717) is 36.3 Å². The minimum absolute atomic E-state index is 0.0422. The summed E-state index contributed by atoms with van der Waals surface area (Å²) in [7, 11) is 0. The van der Waals surface area contributed by atoms with E-state index < -0.39 is 11.6 Å². The fraction of sp³-hybridized carbons (Fsp3) is 0.476. The van der Waals surface area contributed by atoms with Crippen molar-refractivity contribution in [3.05, 3.63) is 40.5 Å². The fourth-order valence-corrected chi connectivity index (χ4v) is 4.18. The van der Waals surface area contributed by atoms with Gasteiger partial charge in [-0.15, -0.1) is 0 Å². The molecule has 2 saturated heterocycles. The maximum atomic E-state index is 14.6. The Balaban J connectivity index is 1.59. The molecule has 0 aliphatic carbocycles. The number of halogens is 2. The van der Waals surface area contributed by atoms with Crippen LogP contribution < -0.4 is 16.0 Å². The van der Waals surface area contributed by atoms with Gasteiger partial charge in [-0.3, -0.25) is 4.79 Å². The van der Waals surface area contributed by atoms with Gasteiger partial charge < -0.3 is 25.4 Å². The molecule has 1 amide bonds. The molecule has 0 saturated carbocycles. The van der Waals surface area contributed by atoms with E-state index in [9.17, 15) is 9.18 Å². The molecule has 3 heterocycles. The molecule has 1 aromatic carbocycles. The molecule has 2 fully saturated rings. The minimum atomic E-state index is -2.01. The number of nitrogen functional groups attached to an aromatic ring is 1. The number of benzene rings is 1. The zero-order chi connectivity index (χ0) is 22.0. The number of aryl methyl sites for hydroxylation is 1. The predicted molar refractivity (Wildman–Crippen MR) is 116 cm³/mol. The van der Waals surface area contributed by atoms with Crippen LogP contribution in [0.4, 0.5) is 21.8 Å². The second-order valence-corrected chi connectivity index (χ2v) is 8.23. The summed E-state index contributed by atoms with van der Waals surface area (Å²) >= 11 is 6.60. The Bertz CT molecular complexity index is 950. The van der Waals surface area contributed by atoms with Crippen molar-refractivity contribution in [1.29, 1.82) is 0 Å². The third kappa shape index (κ3) is 4.73. The molecule has 2 aliphatic heterocycles. The summed E-state index contributed by atoms with van der Waals surface area (Å²) in [6, 6.07) is 6.82. The Morgan fingerprint density at radius 2 is 2.16 bits per heavy atom. The number of hydrogen-bond acceptors (Lipinski definition) is 7. The number of nitrogens with two attached hydrogens (primary N) is 1. The van der Waals surface area contributed by atoms with Crippen LogP contribution in [0.15, 0.2) is 24.3 Å². The van der Waals surface area contributed by atoms with Crippen LogP contribution in [-0.2, 0) is 14.3 Å². The van der Waals surface area contributed by atoms with E-state index in [1.165, 1.54) is 0 Å². The quantitative estimate of drug-likeness (QED) is 0.739. The fourth-order valence-electron chi connectivity index (χ4n) is 3.87. The largest absolute Gasteiger partial charge is 0.379 e. The molecule has 0 spiro atoms. The van der Waals surface area contributed by atoms with Crippen molar-refractivity contribution in [1.82, 2.24) is 9.97 Å². The number of hydrogen-bond donors (Lipinski definition) is 2. The van der Waals surface area contributed by atoms with Crippen LogP contribution in [0.2, 0.25) is 5.02 Å². The zero-order valence-electron chi connectivity index (χ0n) is 17.2. The van der Waals surface area contributed by atoms with Gasteiger partial charge in [0.2, 0.25) is 11.6 Å². The van der Waals surface area contributed by atoms with Gasteiger partial charge in [0, 0.05) is 42.0 Å². The molecule has 8 nitrogen and oxygen atoms in total. The number of carbonyl (C=O) groups is 1. The molecule has 2 unspecified atom stereocenters. The van der Waals surface area contributed by atoms with E-state index in [0.717, 1.165) is 17.7 Å². The van der Waals surface area contributed by atoms with Crippen molar-refractivity contribution >= 4 is 35.0 Å².